The summed E-state index contributed by atoms with van der Waals surface area (Å²) in [6.07, 6.45) is 10.1. The number of nitrogens with zero attached hydrogens (tertiary/aromatic N) is 1. The Balaban J connectivity index is 1.65. The van der Waals surface area contributed by atoms with Crippen LogP contribution in [0, 0.1) is 34.5 Å². The summed E-state index contributed by atoms with van der Waals surface area (Å²) in [6, 6.07) is 0.498. The summed E-state index contributed by atoms with van der Waals surface area (Å²) in [5.74, 6) is 3.82. The van der Waals surface area contributed by atoms with Crippen LogP contribution in [0.4, 0.5) is 0 Å². The molecule has 3 saturated carbocycles. The number of hydrogen-bond donors (Lipinski definition) is 0. The molecule has 0 bridgehead atoms. The summed E-state index contributed by atoms with van der Waals surface area (Å²) in [4.78, 5) is 16.7. The van der Waals surface area contributed by atoms with Crippen LogP contribution < -0.4 is 0 Å². The number of carbonyl (C=O) groups excluding carboxylic acids is 1. The fourth-order valence-electron chi connectivity index (χ4n) is 7.41. The van der Waals surface area contributed by atoms with Gasteiger partial charge in [0.25, 0.3) is 0 Å². The van der Waals surface area contributed by atoms with E-state index >= 15 is 0 Å². The second-order valence-electron chi connectivity index (χ2n) is 9.34. The van der Waals surface area contributed by atoms with Crippen LogP contribution in [0.5, 0.6) is 0 Å². The summed E-state index contributed by atoms with van der Waals surface area (Å²) < 4.78 is 0. The summed E-state index contributed by atoms with van der Waals surface area (Å²) in [6.45, 7) is 5.09. The van der Waals surface area contributed by atoms with Crippen molar-refractivity contribution in [1.82, 2.24) is 4.90 Å². The first-order valence-corrected chi connectivity index (χ1v) is 10.4. The van der Waals surface area contributed by atoms with Crippen LogP contribution in [0.2, 0.25) is 0 Å². The third-order valence-electron chi connectivity index (χ3n) is 8.79. The normalized spacial score (nSPS) is 52.6. The van der Waals surface area contributed by atoms with Gasteiger partial charge in [0, 0.05) is 0 Å². The fraction of sp³-hybridized carbons (Fsp3) is 0.900. The van der Waals surface area contributed by atoms with Crippen molar-refractivity contribution in [3.05, 3.63) is 0 Å². The molecule has 2 nitrogen and oxygen atoms in total. The van der Waals surface area contributed by atoms with Crippen molar-refractivity contribution in [2.75, 3.05) is 7.05 Å². The molecule has 1 amide bonds. The molecule has 0 N–H and O–H groups in total. The van der Waals surface area contributed by atoms with Gasteiger partial charge in [0.2, 0.25) is 0 Å². The molecule has 1 saturated heterocycles. The van der Waals surface area contributed by atoms with Gasteiger partial charge in [-0.2, -0.15) is 0 Å². The molecular formula is C20H31CrNO. The van der Waals surface area contributed by atoms with E-state index in [1.165, 1.54) is 38.5 Å². The number of piperidine rings is 1. The Bertz CT molecular complexity index is 534. The van der Waals surface area contributed by atoms with Gasteiger partial charge in [-0.05, 0) is 0 Å². The van der Waals surface area contributed by atoms with Gasteiger partial charge in [0.05, 0.1) is 0 Å². The van der Waals surface area contributed by atoms with Crippen molar-refractivity contribution in [2.45, 2.75) is 71.3 Å². The predicted molar refractivity (Wildman–Crippen MR) is 89.7 cm³/mol. The number of carbonyl (C=O) groups is 1. The van der Waals surface area contributed by atoms with E-state index in [2.05, 4.69) is 46.5 Å². The molecule has 128 valence electrons. The zero-order chi connectivity index (χ0) is 16.4. The van der Waals surface area contributed by atoms with E-state index in [-0.39, 0.29) is 0 Å². The van der Waals surface area contributed by atoms with Gasteiger partial charge in [0.1, 0.15) is 0 Å². The van der Waals surface area contributed by atoms with Gasteiger partial charge in [-0.15, -0.1) is 0 Å². The molecule has 3 aliphatic carbocycles. The van der Waals surface area contributed by atoms with Gasteiger partial charge in [-0.25, -0.2) is 0 Å². The van der Waals surface area contributed by atoms with Crippen molar-refractivity contribution in [3.63, 3.8) is 0 Å². The molecule has 0 aromatic heterocycles. The fourth-order valence-corrected chi connectivity index (χ4v) is 8.11. The molecular weight excluding hydrogens is 322 g/mol. The molecule has 1 heterocycles. The Morgan fingerprint density at radius 1 is 1.04 bits per heavy atom. The Hall–Kier alpha value is -0.128. The van der Waals surface area contributed by atoms with Crippen molar-refractivity contribution in [1.29, 1.82) is 0 Å². The Morgan fingerprint density at radius 2 is 1.78 bits per heavy atom. The van der Waals surface area contributed by atoms with E-state index in [0.29, 0.717) is 22.8 Å². The zero-order valence-electron chi connectivity index (χ0n) is 14.9. The van der Waals surface area contributed by atoms with E-state index in [9.17, 15) is 4.79 Å². The van der Waals surface area contributed by atoms with Gasteiger partial charge >= 0.3 is 149 Å². The topological polar surface area (TPSA) is 20.3 Å². The molecule has 6 unspecified atom stereocenters. The van der Waals surface area contributed by atoms with E-state index in [0.717, 1.165) is 36.5 Å². The number of rotatable bonds is 1. The van der Waals surface area contributed by atoms with Crippen molar-refractivity contribution >= 4 is 10.8 Å². The molecule has 0 spiro atoms. The Labute approximate surface area is 149 Å². The van der Waals surface area contributed by atoms with Gasteiger partial charge < -0.3 is 0 Å². The first-order valence-electron chi connectivity index (χ1n) is 9.63. The Morgan fingerprint density at radius 3 is 2.52 bits per heavy atom. The minimum absolute atomic E-state index is 0.368. The van der Waals surface area contributed by atoms with Crippen molar-refractivity contribution < 1.29 is 20.6 Å². The zero-order valence-corrected chi connectivity index (χ0v) is 16.2. The van der Waals surface area contributed by atoms with Crippen LogP contribution in [-0.2, 0) is 20.6 Å². The van der Waals surface area contributed by atoms with Crippen LogP contribution >= 0.6 is 0 Å². The van der Waals surface area contributed by atoms with Crippen LogP contribution in [0.1, 0.15) is 65.2 Å². The molecule has 23 heavy (non-hydrogen) atoms. The monoisotopic (exact) mass is 353 g/mol. The van der Waals surface area contributed by atoms with Crippen LogP contribution in [0.15, 0.2) is 0 Å². The molecule has 3 heteroatoms. The molecule has 0 radical (unpaired) electrons. The SMILES string of the molecule is CN1C(=O)CCC2(C)C3CCC4(C)C([CH]=[Cr])CCC4C3CC[C@@H]12. The van der Waals surface area contributed by atoms with Gasteiger partial charge in [-0.1, -0.05) is 0 Å². The van der Waals surface area contributed by atoms with E-state index < -0.39 is 0 Å². The first-order chi connectivity index (χ1) is 10.9. The number of hydrogen-bond acceptors (Lipinski definition) is 1. The van der Waals surface area contributed by atoms with Crippen molar-refractivity contribution in [3.8, 4) is 0 Å². The second kappa shape index (κ2) is 5.43. The average Bonchev–Trinajstić information content (AvgIpc) is 2.88. The van der Waals surface area contributed by atoms with Crippen LogP contribution in [0.25, 0.3) is 0 Å². The number of likely N-dealkylation sites (tertiary alicyclic amines) is 1. The van der Waals surface area contributed by atoms with E-state index in [1.807, 2.05) is 0 Å². The summed E-state index contributed by atoms with van der Waals surface area (Å²) in [7, 11) is 2.06. The van der Waals surface area contributed by atoms with Gasteiger partial charge in [-0.3, -0.25) is 0 Å². The average molecular weight is 353 g/mol. The molecule has 0 aromatic rings. The maximum absolute atomic E-state index is 12.2. The predicted octanol–water partition coefficient (Wildman–Crippen LogP) is 3.82. The van der Waals surface area contributed by atoms with E-state index in [1.54, 1.807) is 0 Å². The molecule has 4 aliphatic rings. The number of amides is 1. The molecule has 7 atom stereocenters. The molecule has 0 aromatic carbocycles. The van der Waals surface area contributed by atoms with E-state index in [4.69, 9.17) is 0 Å². The summed E-state index contributed by atoms with van der Waals surface area (Å²) >= 11 is 3.21. The quantitative estimate of drug-likeness (QED) is 0.702. The third kappa shape index (κ3) is 2.12. The minimum atomic E-state index is 0.368. The Kier molecular flexibility index (Phi) is 3.86. The number of fused-ring (bicyclic) bond motifs is 5. The van der Waals surface area contributed by atoms with Crippen molar-refractivity contribution in [2.24, 2.45) is 34.5 Å². The molecule has 1 aliphatic heterocycles. The first kappa shape index (κ1) is 16.3. The van der Waals surface area contributed by atoms with Crippen LogP contribution in [0.3, 0.4) is 0 Å². The summed E-state index contributed by atoms with van der Waals surface area (Å²) in [5.41, 5.74) is 0.902. The van der Waals surface area contributed by atoms with Gasteiger partial charge in [0.15, 0.2) is 0 Å². The standard InChI is InChI=1S/C20H31NO.Cr/c1-13-5-7-15-14-6-8-17-20(3,12-10-18(22)21(17)4)16(14)9-11-19(13,15)2;/h1,13-17H,5-12H2,2-4H3;/t13?,14?,15?,16?,17-,19?,20?;/m1./s1. The third-order valence-corrected chi connectivity index (χ3v) is 9.31. The second-order valence-corrected chi connectivity index (χ2v) is 9.77. The maximum atomic E-state index is 12.2. The molecule has 4 fully saturated rings. The summed E-state index contributed by atoms with van der Waals surface area (Å²) in [5, 5.41) is 0. The molecule has 4 rings (SSSR count). The van der Waals surface area contributed by atoms with Crippen LogP contribution in [-0.4, -0.2) is 28.8 Å².